The Balaban J connectivity index is 1.79. The summed E-state index contributed by atoms with van der Waals surface area (Å²) < 4.78 is 52.8. The van der Waals surface area contributed by atoms with Crippen molar-refractivity contribution in [3.05, 3.63) is 71.5 Å². The largest absolute Gasteiger partial charge is 0.322 e. The zero-order chi connectivity index (χ0) is 23.5. The van der Waals surface area contributed by atoms with Crippen LogP contribution in [0.1, 0.15) is 10.4 Å². The minimum absolute atomic E-state index is 0.0471. The Labute approximate surface area is 190 Å². The minimum Gasteiger partial charge on any atom is -0.322 e. The molecule has 1 heterocycles. The van der Waals surface area contributed by atoms with Crippen molar-refractivity contribution in [3.8, 4) is 0 Å². The van der Waals surface area contributed by atoms with E-state index in [1.165, 1.54) is 69.0 Å². The average Bonchev–Trinajstić information content (AvgIpc) is 2.74. The number of rotatable bonds is 7. The van der Waals surface area contributed by atoms with E-state index in [0.717, 1.165) is 4.31 Å². The maximum Gasteiger partial charge on any atom is 0.264 e. The molecule has 0 aliphatic heterocycles. The van der Waals surface area contributed by atoms with Crippen LogP contribution in [0.5, 0.6) is 0 Å². The Bertz CT molecular complexity index is 1350. The molecule has 0 bridgehead atoms. The van der Waals surface area contributed by atoms with Crippen molar-refractivity contribution in [1.29, 1.82) is 0 Å². The van der Waals surface area contributed by atoms with Crippen LogP contribution in [0.25, 0.3) is 0 Å². The topological polar surface area (TPSA) is 138 Å². The van der Waals surface area contributed by atoms with E-state index >= 15 is 0 Å². The van der Waals surface area contributed by atoms with E-state index in [0.29, 0.717) is 0 Å². The molecule has 0 atom stereocenters. The number of sulfonamides is 2. The van der Waals surface area contributed by atoms with Crippen LogP contribution in [0, 0.1) is 0 Å². The standard InChI is InChI=1S/C19H18ClN5O5S2/c1-25(2)32(29,30)15-8-9-17(20)16(12-15)18(26)23-13-4-6-14(7-5-13)31(27,28)24-19-21-10-3-11-22-19/h3-12H,1-2H3,(H,23,26)(H,21,22,24). The number of nitrogens with zero attached hydrogens (tertiary/aromatic N) is 3. The van der Waals surface area contributed by atoms with Gasteiger partial charge < -0.3 is 5.32 Å². The molecule has 3 aromatic rings. The molecule has 0 unspecified atom stereocenters. The fourth-order valence-corrected chi connectivity index (χ4v) is 4.59. The molecule has 0 aliphatic carbocycles. The lowest BCUT2D eigenvalue weighted by atomic mass is 10.2. The van der Waals surface area contributed by atoms with Gasteiger partial charge in [0.05, 0.1) is 20.4 Å². The van der Waals surface area contributed by atoms with Crippen molar-refractivity contribution in [2.24, 2.45) is 0 Å². The highest BCUT2D eigenvalue weighted by Crippen LogP contribution is 2.24. The number of carbonyl (C=O) groups excluding carboxylic acids is 1. The van der Waals surface area contributed by atoms with E-state index in [-0.39, 0.29) is 32.0 Å². The maximum absolute atomic E-state index is 12.7. The molecule has 168 valence electrons. The van der Waals surface area contributed by atoms with Crippen molar-refractivity contribution < 1.29 is 21.6 Å². The Morgan fingerprint density at radius 2 is 1.53 bits per heavy atom. The molecule has 13 heteroatoms. The van der Waals surface area contributed by atoms with Crippen molar-refractivity contribution in [2.75, 3.05) is 24.1 Å². The van der Waals surface area contributed by atoms with Gasteiger partial charge in [-0.15, -0.1) is 0 Å². The lowest BCUT2D eigenvalue weighted by Crippen LogP contribution is -2.23. The normalized spacial score (nSPS) is 11.9. The molecule has 2 aromatic carbocycles. The van der Waals surface area contributed by atoms with Crippen LogP contribution in [0.4, 0.5) is 11.6 Å². The first-order valence-corrected chi connectivity index (χ1v) is 12.2. The minimum atomic E-state index is -3.93. The number of aromatic nitrogens is 2. The predicted octanol–water partition coefficient (Wildman–Crippen LogP) is 2.43. The number of carbonyl (C=O) groups is 1. The quantitative estimate of drug-likeness (QED) is 0.513. The summed E-state index contributed by atoms with van der Waals surface area (Å²) in [7, 11) is -4.94. The number of halogens is 1. The van der Waals surface area contributed by atoms with Gasteiger partial charge in [0.2, 0.25) is 16.0 Å². The molecular formula is C19H18ClN5O5S2. The molecule has 2 N–H and O–H groups in total. The van der Waals surface area contributed by atoms with Gasteiger partial charge in [-0.2, -0.15) is 0 Å². The van der Waals surface area contributed by atoms with Gasteiger partial charge in [0.25, 0.3) is 15.9 Å². The second kappa shape index (κ2) is 9.20. The summed E-state index contributed by atoms with van der Waals surface area (Å²) in [5, 5.41) is 2.63. The van der Waals surface area contributed by atoms with Crippen LogP contribution < -0.4 is 10.0 Å². The Morgan fingerprint density at radius 1 is 0.938 bits per heavy atom. The number of hydrogen-bond acceptors (Lipinski definition) is 7. The molecule has 0 saturated heterocycles. The van der Waals surface area contributed by atoms with Crippen LogP contribution in [-0.4, -0.2) is 51.1 Å². The SMILES string of the molecule is CN(C)S(=O)(=O)c1ccc(Cl)c(C(=O)Nc2ccc(S(=O)(=O)Nc3ncccn3)cc2)c1. The molecule has 10 nitrogen and oxygen atoms in total. The third kappa shape index (κ3) is 5.22. The first-order valence-electron chi connectivity index (χ1n) is 8.94. The Hall–Kier alpha value is -3.06. The summed E-state index contributed by atoms with van der Waals surface area (Å²) in [6.07, 6.45) is 2.79. The summed E-state index contributed by atoms with van der Waals surface area (Å²) in [5.41, 5.74) is 0.232. The highest BCUT2D eigenvalue weighted by Gasteiger charge is 2.21. The van der Waals surface area contributed by atoms with Crippen LogP contribution in [0.3, 0.4) is 0 Å². The molecule has 0 saturated carbocycles. The molecule has 0 radical (unpaired) electrons. The van der Waals surface area contributed by atoms with E-state index in [2.05, 4.69) is 20.0 Å². The second-order valence-corrected chi connectivity index (χ2v) is 10.8. The number of anilines is 2. The highest BCUT2D eigenvalue weighted by atomic mass is 35.5. The van der Waals surface area contributed by atoms with E-state index < -0.39 is 26.0 Å². The van der Waals surface area contributed by atoms with Crippen LogP contribution in [0.15, 0.2) is 70.7 Å². The van der Waals surface area contributed by atoms with Crippen molar-refractivity contribution in [3.63, 3.8) is 0 Å². The first-order chi connectivity index (χ1) is 15.0. The maximum atomic E-state index is 12.7. The summed E-state index contributed by atoms with van der Waals surface area (Å²) in [6.45, 7) is 0. The molecule has 0 spiro atoms. The van der Waals surface area contributed by atoms with Gasteiger partial charge in [-0.1, -0.05) is 11.6 Å². The lowest BCUT2D eigenvalue weighted by molar-refractivity contribution is 0.102. The Morgan fingerprint density at radius 3 is 2.12 bits per heavy atom. The summed E-state index contributed by atoms with van der Waals surface area (Å²) >= 11 is 6.08. The van der Waals surface area contributed by atoms with E-state index in [9.17, 15) is 21.6 Å². The molecular weight excluding hydrogens is 478 g/mol. The van der Waals surface area contributed by atoms with E-state index in [4.69, 9.17) is 11.6 Å². The van der Waals surface area contributed by atoms with Crippen LogP contribution >= 0.6 is 11.6 Å². The number of benzene rings is 2. The van der Waals surface area contributed by atoms with Gasteiger partial charge in [0.15, 0.2) is 0 Å². The van der Waals surface area contributed by atoms with Gasteiger partial charge in [0, 0.05) is 32.2 Å². The van der Waals surface area contributed by atoms with Gasteiger partial charge >= 0.3 is 0 Å². The monoisotopic (exact) mass is 495 g/mol. The molecule has 0 aliphatic rings. The fraction of sp³-hybridized carbons (Fsp3) is 0.105. The smallest absolute Gasteiger partial charge is 0.264 e. The predicted molar refractivity (Wildman–Crippen MR) is 120 cm³/mol. The van der Waals surface area contributed by atoms with Crippen molar-refractivity contribution in [2.45, 2.75) is 9.79 Å². The highest BCUT2D eigenvalue weighted by molar-refractivity contribution is 7.92. The van der Waals surface area contributed by atoms with Gasteiger partial charge in [-0.25, -0.2) is 35.8 Å². The van der Waals surface area contributed by atoms with E-state index in [1.54, 1.807) is 6.07 Å². The third-order valence-electron chi connectivity index (χ3n) is 4.17. The molecule has 1 amide bonds. The number of amides is 1. The lowest BCUT2D eigenvalue weighted by Gasteiger charge is -2.13. The number of nitrogens with one attached hydrogen (secondary N) is 2. The molecule has 3 rings (SSSR count). The van der Waals surface area contributed by atoms with Gasteiger partial charge in [-0.3, -0.25) is 4.79 Å². The van der Waals surface area contributed by atoms with E-state index in [1.807, 2.05) is 0 Å². The summed E-state index contributed by atoms with van der Waals surface area (Å²) in [5.74, 6) is -0.732. The zero-order valence-corrected chi connectivity index (χ0v) is 19.2. The molecule has 1 aromatic heterocycles. The number of hydrogen-bond donors (Lipinski definition) is 2. The molecule has 0 fully saturated rings. The summed E-state index contributed by atoms with van der Waals surface area (Å²) in [4.78, 5) is 20.1. The van der Waals surface area contributed by atoms with Crippen LogP contribution in [-0.2, 0) is 20.0 Å². The van der Waals surface area contributed by atoms with Crippen molar-refractivity contribution >= 4 is 49.2 Å². The second-order valence-electron chi connectivity index (χ2n) is 6.59. The van der Waals surface area contributed by atoms with Gasteiger partial charge in [-0.05, 0) is 48.5 Å². The van der Waals surface area contributed by atoms with Crippen LogP contribution in [0.2, 0.25) is 5.02 Å². The summed E-state index contributed by atoms with van der Waals surface area (Å²) in [6, 6.07) is 10.7. The Kier molecular flexibility index (Phi) is 6.79. The third-order valence-corrected chi connectivity index (χ3v) is 7.66. The molecule has 32 heavy (non-hydrogen) atoms. The first kappa shape index (κ1) is 23.6. The van der Waals surface area contributed by atoms with Crippen molar-refractivity contribution in [1.82, 2.24) is 14.3 Å². The van der Waals surface area contributed by atoms with Gasteiger partial charge in [0.1, 0.15) is 0 Å². The fourth-order valence-electron chi connectivity index (χ4n) is 2.50. The zero-order valence-electron chi connectivity index (χ0n) is 16.9. The average molecular weight is 496 g/mol.